The van der Waals surface area contributed by atoms with Crippen molar-refractivity contribution in [3.63, 3.8) is 0 Å². The number of aliphatic hydroxyl groups excluding tert-OH is 3. The molecule has 0 saturated carbocycles. The van der Waals surface area contributed by atoms with Crippen LogP contribution in [0.5, 0.6) is 0 Å². The summed E-state index contributed by atoms with van der Waals surface area (Å²) >= 11 is 0. The first kappa shape index (κ1) is 21.1. The van der Waals surface area contributed by atoms with Crippen LogP contribution in [-0.4, -0.2) is 87.3 Å². The number of rotatable bonds is 4. The fourth-order valence-corrected chi connectivity index (χ4v) is 1.57. The standard InChI is InChI=1S/C9H17NO7.H2O4S/c1-3(8(13)14)16-7-5(10)9(15)17-4(2-11)6(7)12;1-5(2,3)4/h3-7,9,11-12,15H,2,10H2,1H3,(H,13,14);(H2,1,2,3,4)/t3?,4-,5-,6-,7-,9+;/m1./s1. The number of hydrogen-bond acceptors (Lipinski definition) is 9. The maximum absolute atomic E-state index is 10.6. The van der Waals surface area contributed by atoms with Crippen molar-refractivity contribution < 1.29 is 52.2 Å². The number of nitrogens with two attached hydrogens (primary N) is 1. The van der Waals surface area contributed by atoms with E-state index in [1.165, 1.54) is 6.92 Å². The van der Waals surface area contributed by atoms with Crippen LogP contribution in [0.25, 0.3) is 0 Å². The van der Waals surface area contributed by atoms with Gasteiger partial charge in [-0.3, -0.25) is 9.11 Å². The molecule has 8 N–H and O–H groups in total. The second-order valence-corrected chi connectivity index (χ2v) is 5.24. The summed E-state index contributed by atoms with van der Waals surface area (Å²) in [6.07, 6.45) is -6.11. The van der Waals surface area contributed by atoms with Crippen molar-refractivity contribution in [2.75, 3.05) is 6.61 Å². The van der Waals surface area contributed by atoms with Gasteiger partial charge in [-0.1, -0.05) is 0 Å². The quantitative estimate of drug-likeness (QED) is 0.247. The molecule has 1 rings (SSSR count). The Morgan fingerprint density at radius 3 is 2.18 bits per heavy atom. The van der Waals surface area contributed by atoms with E-state index >= 15 is 0 Å². The second kappa shape index (κ2) is 8.66. The summed E-state index contributed by atoms with van der Waals surface area (Å²) in [6, 6.07) is -1.09. The molecule has 0 aromatic rings. The number of carboxylic acid groups (broad SMARTS) is 1. The van der Waals surface area contributed by atoms with Crippen molar-refractivity contribution in [1.29, 1.82) is 0 Å². The van der Waals surface area contributed by atoms with E-state index < -0.39 is 59.7 Å². The molecule has 1 aliphatic rings. The normalized spacial score (nSPS) is 33.5. The predicted octanol–water partition coefficient (Wildman–Crippen LogP) is -3.41. The van der Waals surface area contributed by atoms with Crippen molar-refractivity contribution in [1.82, 2.24) is 0 Å². The van der Waals surface area contributed by atoms with Gasteiger partial charge in [0.1, 0.15) is 18.3 Å². The van der Waals surface area contributed by atoms with Crippen LogP contribution in [0.15, 0.2) is 0 Å². The molecule has 132 valence electrons. The highest BCUT2D eigenvalue weighted by Gasteiger charge is 2.44. The van der Waals surface area contributed by atoms with Crippen molar-refractivity contribution in [3.05, 3.63) is 0 Å². The molecular weight excluding hydrogens is 330 g/mol. The van der Waals surface area contributed by atoms with Crippen molar-refractivity contribution in [2.45, 2.75) is 43.7 Å². The molecule has 1 saturated heterocycles. The first-order valence-corrected chi connectivity index (χ1v) is 7.24. The summed E-state index contributed by atoms with van der Waals surface area (Å²) in [5.41, 5.74) is 5.54. The minimum Gasteiger partial charge on any atom is -0.479 e. The maximum atomic E-state index is 10.6. The Morgan fingerprint density at radius 2 is 1.82 bits per heavy atom. The molecule has 0 spiro atoms. The molecule has 0 bridgehead atoms. The van der Waals surface area contributed by atoms with Gasteiger partial charge in [0.05, 0.1) is 12.6 Å². The number of carboxylic acids is 1. The third kappa shape index (κ3) is 7.39. The Bertz CT molecular complexity index is 446. The minimum absolute atomic E-state index is 0.535. The molecule has 1 heterocycles. The molecule has 0 aromatic heterocycles. The Kier molecular flexibility index (Phi) is 8.30. The van der Waals surface area contributed by atoms with E-state index in [0.717, 1.165) is 0 Å². The Hall–Kier alpha value is -0.900. The summed E-state index contributed by atoms with van der Waals surface area (Å²) in [4.78, 5) is 10.6. The van der Waals surface area contributed by atoms with Gasteiger partial charge < -0.3 is 35.6 Å². The Balaban J connectivity index is 0.000000763. The zero-order valence-electron chi connectivity index (χ0n) is 11.4. The van der Waals surface area contributed by atoms with E-state index in [2.05, 4.69) is 0 Å². The van der Waals surface area contributed by atoms with E-state index in [9.17, 15) is 15.0 Å². The molecule has 1 unspecified atom stereocenters. The molecule has 0 aliphatic carbocycles. The lowest BCUT2D eigenvalue weighted by atomic mass is 9.97. The van der Waals surface area contributed by atoms with E-state index in [1.807, 2.05) is 0 Å². The smallest absolute Gasteiger partial charge is 0.394 e. The Labute approximate surface area is 125 Å². The van der Waals surface area contributed by atoms with Crippen LogP contribution in [-0.2, 0) is 24.7 Å². The summed E-state index contributed by atoms with van der Waals surface area (Å²) in [6.45, 7) is 0.740. The summed E-state index contributed by atoms with van der Waals surface area (Å²) in [5, 5.41) is 36.8. The van der Waals surface area contributed by atoms with Gasteiger partial charge in [-0.25, -0.2) is 4.79 Å². The highest BCUT2D eigenvalue weighted by atomic mass is 32.3. The van der Waals surface area contributed by atoms with E-state index in [0.29, 0.717) is 0 Å². The topological polar surface area (TPSA) is 217 Å². The van der Waals surface area contributed by atoms with Gasteiger partial charge >= 0.3 is 16.4 Å². The van der Waals surface area contributed by atoms with Crippen LogP contribution < -0.4 is 5.73 Å². The van der Waals surface area contributed by atoms with Gasteiger partial charge in [-0.15, -0.1) is 0 Å². The molecule has 1 aliphatic heterocycles. The summed E-state index contributed by atoms with van der Waals surface area (Å²) in [5.74, 6) is -1.22. The van der Waals surface area contributed by atoms with Crippen LogP contribution in [0.4, 0.5) is 0 Å². The fourth-order valence-electron chi connectivity index (χ4n) is 1.57. The van der Waals surface area contributed by atoms with Gasteiger partial charge in [0.15, 0.2) is 12.4 Å². The fraction of sp³-hybridized carbons (Fsp3) is 0.889. The van der Waals surface area contributed by atoms with Crippen molar-refractivity contribution in [3.8, 4) is 0 Å². The molecule has 22 heavy (non-hydrogen) atoms. The number of aliphatic carboxylic acids is 1. The molecule has 12 nitrogen and oxygen atoms in total. The summed E-state index contributed by atoms with van der Waals surface area (Å²) in [7, 11) is -4.67. The maximum Gasteiger partial charge on any atom is 0.394 e. The van der Waals surface area contributed by atoms with Crippen LogP contribution in [0.3, 0.4) is 0 Å². The molecular formula is C9H19NO11S. The third-order valence-electron chi connectivity index (χ3n) is 2.63. The van der Waals surface area contributed by atoms with Crippen LogP contribution in [0.1, 0.15) is 6.92 Å². The van der Waals surface area contributed by atoms with E-state index in [-0.39, 0.29) is 0 Å². The average molecular weight is 349 g/mol. The molecule has 13 heteroatoms. The highest BCUT2D eigenvalue weighted by Crippen LogP contribution is 2.22. The first-order valence-electron chi connectivity index (χ1n) is 5.84. The summed E-state index contributed by atoms with van der Waals surface area (Å²) < 4.78 is 41.5. The van der Waals surface area contributed by atoms with Gasteiger partial charge in [-0.05, 0) is 6.92 Å². The number of carbonyl (C=O) groups is 1. The van der Waals surface area contributed by atoms with Crippen LogP contribution in [0, 0.1) is 0 Å². The average Bonchev–Trinajstić information content (AvgIpc) is 2.36. The van der Waals surface area contributed by atoms with Crippen molar-refractivity contribution in [2.24, 2.45) is 5.73 Å². The highest BCUT2D eigenvalue weighted by molar-refractivity contribution is 7.79. The predicted molar refractivity (Wildman–Crippen MR) is 68.1 cm³/mol. The van der Waals surface area contributed by atoms with Crippen molar-refractivity contribution >= 4 is 16.4 Å². The molecule has 0 radical (unpaired) electrons. The van der Waals surface area contributed by atoms with E-state index in [4.69, 9.17) is 42.9 Å². The van der Waals surface area contributed by atoms with Crippen LogP contribution >= 0.6 is 0 Å². The van der Waals surface area contributed by atoms with Crippen LogP contribution in [0.2, 0.25) is 0 Å². The van der Waals surface area contributed by atoms with Gasteiger partial charge in [0.2, 0.25) is 0 Å². The lowest BCUT2D eigenvalue weighted by Gasteiger charge is -2.41. The van der Waals surface area contributed by atoms with Gasteiger partial charge in [0, 0.05) is 0 Å². The van der Waals surface area contributed by atoms with E-state index in [1.54, 1.807) is 0 Å². The Morgan fingerprint density at radius 1 is 1.36 bits per heavy atom. The molecule has 6 atom stereocenters. The molecule has 1 fully saturated rings. The number of ether oxygens (including phenoxy) is 2. The second-order valence-electron chi connectivity index (χ2n) is 4.34. The first-order chi connectivity index (χ1) is 9.88. The molecule has 0 aromatic carbocycles. The SMILES string of the molecule is CC(O[C@@H]1[C@@H](N)[C@@H](O)O[C@H](CO)[C@H]1O)C(=O)O.O=S(=O)(O)O. The van der Waals surface area contributed by atoms with Gasteiger partial charge in [0.25, 0.3) is 0 Å². The monoisotopic (exact) mass is 349 g/mol. The lowest BCUT2D eigenvalue weighted by Crippen LogP contribution is -2.63. The third-order valence-corrected chi connectivity index (χ3v) is 2.63. The lowest BCUT2D eigenvalue weighted by molar-refractivity contribution is -0.262. The molecule has 0 amide bonds. The number of hydrogen-bond donors (Lipinski definition) is 7. The largest absolute Gasteiger partial charge is 0.479 e. The van der Waals surface area contributed by atoms with Gasteiger partial charge in [-0.2, -0.15) is 8.42 Å². The zero-order chi connectivity index (χ0) is 17.7. The zero-order valence-corrected chi connectivity index (χ0v) is 12.2. The number of aliphatic hydroxyl groups is 3. The minimum atomic E-state index is -4.67.